The molecule has 106 valence electrons. The summed E-state index contributed by atoms with van der Waals surface area (Å²) in [6, 6.07) is 17.6. The molecule has 2 aromatic carbocycles. The first-order valence-corrected chi connectivity index (χ1v) is 14.8. The van der Waals surface area contributed by atoms with Gasteiger partial charge < -0.3 is 0 Å². The van der Waals surface area contributed by atoms with Gasteiger partial charge in [0.15, 0.2) is 0 Å². The van der Waals surface area contributed by atoms with Crippen molar-refractivity contribution in [2.75, 3.05) is 0 Å². The van der Waals surface area contributed by atoms with Crippen molar-refractivity contribution in [3.8, 4) is 5.75 Å². The molecule has 0 N–H and O–H groups in total. The van der Waals surface area contributed by atoms with Crippen LogP contribution in [0.1, 0.15) is 11.1 Å². The Kier molecular flexibility index (Phi) is 3.96. The third-order valence-corrected chi connectivity index (χ3v) is 6.97. The van der Waals surface area contributed by atoms with Crippen molar-refractivity contribution in [3.05, 3.63) is 65.7 Å². The Bertz CT molecular complexity index is 696. The van der Waals surface area contributed by atoms with Gasteiger partial charge in [-0.15, -0.1) is 0 Å². The molecule has 0 amide bonds. The molecule has 0 aromatic heterocycles. The number of para-hydroxylation sites is 1. The zero-order valence-electron chi connectivity index (χ0n) is 12.0. The van der Waals surface area contributed by atoms with E-state index in [1.54, 1.807) is 6.21 Å². The topological polar surface area (TPSA) is 43.2 Å². The third kappa shape index (κ3) is 3.44. The molecule has 0 saturated heterocycles. The van der Waals surface area contributed by atoms with E-state index >= 15 is 0 Å². The molecule has 4 nitrogen and oxygen atoms in total. The summed E-state index contributed by atoms with van der Waals surface area (Å²) in [5.74, 6) is 1.34. The molecule has 0 saturated carbocycles. The second kappa shape index (κ2) is 5.89. The fraction of sp³-hybridized carbons (Fsp3) is 0.125. The summed E-state index contributed by atoms with van der Waals surface area (Å²) < 4.78 is 12.3. The molecular weight excluding hydrogens is 371 g/mol. The van der Waals surface area contributed by atoms with E-state index in [1.807, 2.05) is 54.6 Å². The molecule has 3 rings (SSSR count). The van der Waals surface area contributed by atoms with E-state index in [1.165, 1.54) is 0 Å². The van der Waals surface area contributed by atoms with Crippen molar-refractivity contribution >= 4 is 31.3 Å². The van der Waals surface area contributed by atoms with Crippen LogP contribution in [0.2, 0.25) is 9.88 Å². The van der Waals surface area contributed by atoms with Crippen LogP contribution in [-0.4, -0.2) is 31.3 Å². The molecule has 2 aromatic rings. The molecule has 0 radical (unpaired) electrons. The van der Waals surface area contributed by atoms with Gasteiger partial charge in [0.2, 0.25) is 0 Å². The van der Waals surface area contributed by atoms with Crippen LogP contribution < -0.4 is 3.07 Å². The molecule has 0 fully saturated rings. The quantitative estimate of drug-likeness (QED) is 0.703. The summed E-state index contributed by atoms with van der Waals surface area (Å²) in [5, 5.41) is 8.39. The minimum absolute atomic E-state index is 0.528. The van der Waals surface area contributed by atoms with Gasteiger partial charge in [-0.05, 0) is 0 Å². The summed E-state index contributed by atoms with van der Waals surface area (Å²) >= 11 is -3.21. The molecule has 1 heterocycles. The first-order chi connectivity index (χ1) is 10.1. The fourth-order valence-corrected chi connectivity index (χ4v) is 6.00. The van der Waals surface area contributed by atoms with Gasteiger partial charge in [-0.2, -0.15) is 0 Å². The van der Waals surface area contributed by atoms with E-state index in [2.05, 4.69) is 20.1 Å². The Hall–Kier alpha value is -1.82. The van der Waals surface area contributed by atoms with E-state index in [0.29, 0.717) is 5.90 Å². The Morgan fingerprint density at radius 1 is 0.857 bits per heavy atom. The van der Waals surface area contributed by atoms with Crippen molar-refractivity contribution in [1.29, 1.82) is 0 Å². The average molecular weight is 387 g/mol. The van der Waals surface area contributed by atoms with Gasteiger partial charge >= 0.3 is 129 Å². The molecule has 0 atom stereocenters. The average Bonchev–Trinajstić information content (AvgIpc) is 2.54. The molecule has 0 unspecified atom stereocenters. The summed E-state index contributed by atoms with van der Waals surface area (Å²) in [7, 11) is 0. The summed E-state index contributed by atoms with van der Waals surface area (Å²) in [6.45, 7) is 0. The number of benzene rings is 2. The predicted octanol–water partition coefficient (Wildman–Crippen LogP) is 3.58. The van der Waals surface area contributed by atoms with Crippen LogP contribution in [-0.2, 0) is 3.07 Å². The van der Waals surface area contributed by atoms with Crippen molar-refractivity contribution in [1.82, 2.24) is 0 Å². The van der Waals surface area contributed by atoms with E-state index in [4.69, 9.17) is 6.15 Å². The summed E-state index contributed by atoms with van der Waals surface area (Å²) in [4.78, 5) is 4.13. The van der Waals surface area contributed by atoms with Gasteiger partial charge in [-0.1, -0.05) is 0 Å². The van der Waals surface area contributed by atoms with Crippen LogP contribution >= 0.6 is 0 Å². The molecular formula is C16H16N2O2Sn. The van der Waals surface area contributed by atoms with Gasteiger partial charge in [0.25, 0.3) is 0 Å². The molecule has 21 heavy (non-hydrogen) atoms. The van der Waals surface area contributed by atoms with Gasteiger partial charge in [-0.25, -0.2) is 0 Å². The molecule has 0 bridgehead atoms. The first-order valence-electron chi connectivity index (χ1n) is 6.78. The zero-order chi connectivity index (χ0) is 14.7. The number of fused-ring (bicyclic) bond motifs is 1. The van der Waals surface area contributed by atoms with Crippen molar-refractivity contribution in [2.24, 2.45) is 10.2 Å². The second-order valence-electron chi connectivity index (χ2n) is 5.16. The van der Waals surface area contributed by atoms with E-state index < -0.39 is 19.2 Å². The molecule has 1 aliphatic heterocycles. The van der Waals surface area contributed by atoms with Crippen molar-refractivity contribution in [2.45, 2.75) is 9.88 Å². The summed E-state index contributed by atoms with van der Waals surface area (Å²) in [6.07, 6.45) is 1.70. The first kappa shape index (κ1) is 14.1. The number of hydrogen-bond donors (Lipinski definition) is 0. The fourth-order valence-electron chi connectivity index (χ4n) is 2.06. The van der Waals surface area contributed by atoms with Crippen LogP contribution in [0.25, 0.3) is 0 Å². The standard InChI is InChI=1S/C14H12N2O2.2CH3.Sn/c17-13-9-5-4-8-12(13)10-15-16-14(18)11-6-2-1-3-7-11;;;/h1-10,17H,(H,16,18);2*1H3;/q;;;+2/p-2/b15-10-;;;. The van der Waals surface area contributed by atoms with Crippen LogP contribution in [0.3, 0.4) is 0 Å². The monoisotopic (exact) mass is 388 g/mol. The number of rotatable bonds is 1. The molecule has 0 spiro atoms. The van der Waals surface area contributed by atoms with Crippen LogP contribution in [0.4, 0.5) is 0 Å². The summed E-state index contributed by atoms with van der Waals surface area (Å²) in [5.41, 5.74) is 1.83. The maximum atomic E-state index is 6.17. The predicted molar refractivity (Wildman–Crippen MR) is 86.2 cm³/mol. The normalized spacial score (nSPS) is 20.4. The molecule has 0 aliphatic carbocycles. The molecule has 1 aliphatic rings. The Balaban J connectivity index is 2.03. The van der Waals surface area contributed by atoms with Crippen molar-refractivity contribution < 1.29 is 6.15 Å². The van der Waals surface area contributed by atoms with Crippen LogP contribution in [0, 0.1) is 0 Å². The SMILES string of the molecule is [CH3][Sn]1([CH3])[O]/C(c2ccccc2)=N\N=C/c2ccccc2[O]1. The minimum atomic E-state index is -3.21. The Morgan fingerprint density at radius 3 is 2.38 bits per heavy atom. The number of hydrogen-bond acceptors (Lipinski definition) is 4. The maximum absolute atomic E-state index is 6.17. The van der Waals surface area contributed by atoms with E-state index in [0.717, 1.165) is 16.9 Å². The Morgan fingerprint density at radius 2 is 1.57 bits per heavy atom. The van der Waals surface area contributed by atoms with Gasteiger partial charge in [0.1, 0.15) is 0 Å². The Labute approximate surface area is 129 Å². The van der Waals surface area contributed by atoms with Gasteiger partial charge in [0.05, 0.1) is 0 Å². The third-order valence-electron chi connectivity index (χ3n) is 2.98. The van der Waals surface area contributed by atoms with Crippen LogP contribution in [0.5, 0.6) is 5.75 Å². The number of nitrogens with zero attached hydrogens (tertiary/aromatic N) is 2. The molecule has 5 heteroatoms. The van der Waals surface area contributed by atoms with E-state index in [9.17, 15) is 0 Å². The van der Waals surface area contributed by atoms with Gasteiger partial charge in [-0.3, -0.25) is 0 Å². The van der Waals surface area contributed by atoms with Crippen molar-refractivity contribution in [3.63, 3.8) is 0 Å². The second-order valence-corrected chi connectivity index (χ2v) is 14.3. The van der Waals surface area contributed by atoms with E-state index in [-0.39, 0.29) is 0 Å². The zero-order valence-corrected chi connectivity index (χ0v) is 14.8. The van der Waals surface area contributed by atoms with Crippen LogP contribution in [0.15, 0.2) is 64.8 Å². The van der Waals surface area contributed by atoms with Gasteiger partial charge in [0, 0.05) is 0 Å².